The molecule has 0 amide bonds. The van der Waals surface area contributed by atoms with Gasteiger partial charge in [0.2, 0.25) is 0 Å². The highest BCUT2D eigenvalue weighted by Gasteiger charge is 2.46. The van der Waals surface area contributed by atoms with Crippen molar-refractivity contribution in [3.05, 3.63) is 46.4 Å². The second-order valence-electron chi connectivity index (χ2n) is 9.84. The van der Waals surface area contributed by atoms with Crippen LogP contribution in [0.25, 0.3) is 0 Å². The Labute approximate surface area is 164 Å². The van der Waals surface area contributed by atoms with Crippen LogP contribution in [0.4, 0.5) is 0 Å². The van der Waals surface area contributed by atoms with Crippen molar-refractivity contribution >= 4 is 11.6 Å². The fourth-order valence-corrected chi connectivity index (χ4v) is 4.76. The van der Waals surface area contributed by atoms with Crippen molar-refractivity contribution in [3.63, 3.8) is 0 Å². The Bertz CT molecular complexity index is 961. The topological polar surface area (TPSA) is 83.8 Å². The van der Waals surface area contributed by atoms with Crippen molar-refractivity contribution < 1.29 is 24.5 Å². The third kappa shape index (κ3) is 3.03. The molecule has 148 valence electrons. The molecule has 0 spiro atoms. The van der Waals surface area contributed by atoms with E-state index in [4.69, 9.17) is 4.74 Å². The summed E-state index contributed by atoms with van der Waals surface area (Å²) < 4.78 is 6.04. The minimum absolute atomic E-state index is 0.0482. The lowest BCUT2D eigenvalue weighted by atomic mass is 9.66. The van der Waals surface area contributed by atoms with Gasteiger partial charge in [-0.05, 0) is 16.9 Å². The normalized spacial score (nSPS) is 25.9. The van der Waals surface area contributed by atoms with Crippen LogP contribution in [0.5, 0.6) is 11.5 Å². The van der Waals surface area contributed by atoms with Crippen molar-refractivity contribution in [2.24, 2.45) is 10.8 Å². The van der Waals surface area contributed by atoms with Crippen LogP contribution >= 0.6 is 0 Å². The first kappa shape index (κ1) is 18.8. The number of phenolic OH excluding ortho intramolecular Hbond substituents is 1. The van der Waals surface area contributed by atoms with Crippen molar-refractivity contribution in [1.29, 1.82) is 0 Å². The summed E-state index contributed by atoms with van der Waals surface area (Å²) in [4.78, 5) is 26.2. The number of fused-ring (bicyclic) bond motifs is 1. The number of aliphatic hydroxyl groups excluding tert-OH is 1. The molecule has 2 N–H and O–H groups in total. The number of Topliss-reactive ketones (excluding diaryl/α,β-unsaturated/α-hetero) is 2. The molecule has 1 aliphatic heterocycles. The van der Waals surface area contributed by atoms with E-state index in [0.717, 1.165) is 0 Å². The van der Waals surface area contributed by atoms with Crippen molar-refractivity contribution in [2.45, 2.75) is 59.3 Å². The van der Waals surface area contributed by atoms with Crippen LogP contribution in [-0.4, -0.2) is 21.8 Å². The predicted octanol–water partition coefficient (Wildman–Crippen LogP) is 4.71. The zero-order valence-corrected chi connectivity index (χ0v) is 16.8. The number of aromatic hydroxyl groups is 1. The first-order chi connectivity index (χ1) is 13.0. The Morgan fingerprint density at radius 3 is 2.14 bits per heavy atom. The van der Waals surface area contributed by atoms with Gasteiger partial charge in [0.05, 0.1) is 5.92 Å². The van der Waals surface area contributed by atoms with E-state index in [9.17, 15) is 19.8 Å². The quantitative estimate of drug-likeness (QED) is 0.735. The molecular weight excluding hydrogens is 356 g/mol. The second-order valence-corrected chi connectivity index (χ2v) is 9.84. The number of carbonyl (C=O) groups is 2. The van der Waals surface area contributed by atoms with Gasteiger partial charge in [-0.15, -0.1) is 0 Å². The molecule has 0 saturated heterocycles. The fraction of sp³-hybridized carbons (Fsp3) is 0.478. The molecular formula is C23H26O5. The molecule has 1 aromatic rings. The molecule has 5 nitrogen and oxygen atoms in total. The lowest BCUT2D eigenvalue weighted by molar-refractivity contribution is -0.119. The van der Waals surface area contributed by atoms with Crippen LogP contribution in [0.1, 0.15) is 64.9 Å². The van der Waals surface area contributed by atoms with E-state index in [1.54, 1.807) is 6.07 Å². The molecule has 2 aliphatic carbocycles. The zero-order valence-electron chi connectivity index (χ0n) is 16.8. The van der Waals surface area contributed by atoms with Gasteiger partial charge < -0.3 is 14.9 Å². The van der Waals surface area contributed by atoms with Gasteiger partial charge in [-0.3, -0.25) is 9.59 Å². The summed E-state index contributed by atoms with van der Waals surface area (Å²) >= 11 is 0. The summed E-state index contributed by atoms with van der Waals surface area (Å²) in [5, 5.41) is 20.7. The van der Waals surface area contributed by atoms with Crippen LogP contribution in [0, 0.1) is 10.8 Å². The van der Waals surface area contributed by atoms with Gasteiger partial charge in [0.25, 0.3) is 0 Å². The molecule has 0 radical (unpaired) electrons. The zero-order chi connectivity index (χ0) is 20.4. The standard InChI is InChI=1S/C23H26O5/c1-22(2)8-14(25)20(15(26)9-22)19-13-6-5-12(24)7-17(13)28-18-11-23(3,4)10-16(27)21(18)19/h5-7,19,24-25H,8-11H2,1-4H3. The Morgan fingerprint density at radius 1 is 0.893 bits per heavy atom. The molecule has 1 unspecified atom stereocenters. The van der Waals surface area contributed by atoms with Crippen LogP contribution in [0.15, 0.2) is 40.9 Å². The van der Waals surface area contributed by atoms with Gasteiger partial charge in [-0.25, -0.2) is 0 Å². The minimum atomic E-state index is -0.647. The molecule has 3 aliphatic rings. The highest BCUT2D eigenvalue weighted by atomic mass is 16.5. The van der Waals surface area contributed by atoms with E-state index in [1.807, 2.05) is 27.7 Å². The summed E-state index contributed by atoms with van der Waals surface area (Å²) in [6, 6.07) is 4.71. The van der Waals surface area contributed by atoms with Crippen LogP contribution < -0.4 is 4.74 Å². The highest BCUT2D eigenvalue weighted by molar-refractivity contribution is 6.06. The monoisotopic (exact) mass is 382 g/mol. The maximum atomic E-state index is 13.1. The number of aliphatic hydroxyl groups is 1. The molecule has 1 atom stereocenters. The van der Waals surface area contributed by atoms with Crippen molar-refractivity contribution in [3.8, 4) is 11.5 Å². The lowest BCUT2D eigenvalue weighted by Gasteiger charge is -2.40. The first-order valence-corrected chi connectivity index (χ1v) is 9.70. The number of ether oxygens (including phenoxy) is 1. The summed E-state index contributed by atoms with van der Waals surface area (Å²) in [6.45, 7) is 7.92. The summed E-state index contributed by atoms with van der Waals surface area (Å²) in [5.41, 5.74) is 0.856. The number of rotatable bonds is 1. The van der Waals surface area contributed by atoms with E-state index in [2.05, 4.69) is 0 Å². The Hall–Kier alpha value is -2.56. The average Bonchev–Trinajstić information content (AvgIpc) is 2.50. The van der Waals surface area contributed by atoms with E-state index < -0.39 is 5.92 Å². The van der Waals surface area contributed by atoms with Crippen LogP contribution in [0.2, 0.25) is 0 Å². The Kier molecular flexibility index (Phi) is 4.00. The number of hydrogen-bond donors (Lipinski definition) is 2. The number of phenols is 1. The highest BCUT2D eigenvalue weighted by Crippen LogP contribution is 2.53. The first-order valence-electron chi connectivity index (χ1n) is 9.70. The van der Waals surface area contributed by atoms with Crippen LogP contribution in [-0.2, 0) is 9.59 Å². The van der Waals surface area contributed by atoms with E-state index in [0.29, 0.717) is 53.9 Å². The molecule has 5 heteroatoms. The lowest BCUT2D eigenvalue weighted by Crippen LogP contribution is -2.36. The maximum Gasteiger partial charge on any atom is 0.163 e. The molecule has 1 aromatic carbocycles. The molecule has 0 fully saturated rings. The molecule has 0 bridgehead atoms. The molecule has 28 heavy (non-hydrogen) atoms. The van der Waals surface area contributed by atoms with Gasteiger partial charge in [-0.2, -0.15) is 0 Å². The largest absolute Gasteiger partial charge is 0.512 e. The molecule has 0 aromatic heterocycles. The predicted molar refractivity (Wildman–Crippen MR) is 104 cm³/mol. The van der Waals surface area contributed by atoms with Crippen molar-refractivity contribution in [2.75, 3.05) is 0 Å². The minimum Gasteiger partial charge on any atom is -0.512 e. The summed E-state index contributed by atoms with van der Waals surface area (Å²) in [7, 11) is 0. The van der Waals surface area contributed by atoms with E-state index >= 15 is 0 Å². The number of carbonyl (C=O) groups excluding carboxylic acids is 2. The smallest absolute Gasteiger partial charge is 0.163 e. The number of benzene rings is 1. The van der Waals surface area contributed by atoms with Gasteiger partial charge in [-0.1, -0.05) is 33.8 Å². The third-order valence-corrected chi connectivity index (χ3v) is 5.89. The average molecular weight is 382 g/mol. The Balaban J connectivity index is 1.95. The summed E-state index contributed by atoms with van der Waals surface area (Å²) in [5.74, 6) is 0.256. The number of ketones is 2. The molecule has 4 rings (SSSR count). The van der Waals surface area contributed by atoms with E-state index in [1.165, 1.54) is 12.1 Å². The van der Waals surface area contributed by atoms with Crippen molar-refractivity contribution in [1.82, 2.24) is 0 Å². The molecule has 1 heterocycles. The Morgan fingerprint density at radius 2 is 1.50 bits per heavy atom. The number of hydrogen-bond acceptors (Lipinski definition) is 5. The SMILES string of the molecule is CC1(C)CC(=O)C(C2C3=C(CC(C)(C)CC3=O)Oc3cc(O)ccc32)=C(O)C1. The number of allylic oxidation sites excluding steroid dienone is 4. The maximum absolute atomic E-state index is 13.1. The van der Waals surface area contributed by atoms with Crippen LogP contribution in [0.3, 0.4) is 0 Å². The summed E-state index contributed by atoms with van der Waals surface area (Å²) in [6.07, 6.45) is 1.64. The van der Waals surface area contributed by atoms with Gasteiger partial charge in [0, 0.05) is 48.5 Å². The van der Waals surface area contributed by atoms with E-state index in [-0.39, 0.29) is 33.9 Å². The third-order valence-electron chi connectivity index (χ3n) is 5.89. The van der Waals surface area contributed by atoms with Gasteiger partial charge in [0.15, 0.2) is 11.6 Å². The fourth-order valence-electron chi connectivity index (χ4n) is 4.76. The molecule has 0 saturated carbocycles. The van der Waals surface area contributed by atoms with Gasteiger partial charge in [0.1, 0.15) is 23.0 Å². The van der Waals surface area contributed by atoms with Gasteiger partial charge >= 0.3 is 0 Å². The second kappa shape index (κ2) is 5.97.